The van der Waals surface area contributed by atoms with Gasteiger partial charge in [0.15, 0.2) is 0 Å². The van der Waals surface area contributed by atoms with E-state index >= 15 is 0 Å². The lowest BCUT2D eigenvalue weighted by Crippen LogP contribution is -2.28. The number of rotatable bonds is 3. The number of hydrogen-bond donors (Lipinski definition) is 3. The maximum absolute atomic E-state index is 11.8. The molecule has 104 valence electrons. The normalized spacial score (nSPS) is 10.1. The Labute approximate surface area is 122 Å². The van der Waals surface area contributed by atoms with E-state index in [1.165, 1.54) is 6.07 Å². The van der Waals surface area contributed by atoms with E-state index in [-0.39, 0.29) is 11.8 Å². The number of halogens is 1. The van der Waals surface area contributed by atoms with Crippen LogP contribution in [0.2, 0.25) is 5.02 Å². The van der Waals surface area contributed by atoms with Crippen molar-refractivity contribution in [2.75, 3.05) is 5.32 Å². The van der Waals surface area contributed by atoms with Crippen molar-refractivity contribution in [3.8, 4) is 5.75 Å². The number of phenolic OH excluding ortho intramolecular Hbond substituents is 1. The molecule has 2 rings (SSSR count). The Bertz CT molecular complexity index is 629. The monoisotopic (exact) mass is 290 g/mol. The summed E-state index contributed by atoms with van der Waals surface area (Å²) < 4.78 is 0. The minimum atomic E-state index is -0.321. The molecule has 0 aromatic heterocycles. The molecule has 0 unspecified atom stereocenters. The van der Waals surface area contributed by atoms with Gasteiger partial charge in [0.25, 0.3) is 0 Å². The SMILES string of the molecule is Cc1cc(O)ccc1NC(=O)NCc1ccccc1Cl. The molecule has 2 aromatic rings. The number of hydrogen-bond acceptors (Lipinski definition) is 2. The van der Waals surface area contributed by atoms with Gasteiger partial charge in [-0.25, -0.2) is 4.79 Å². The van der Waals surface area contributed by atoms with Crippen molar-refractivity contribution in [2.45, 2.75) is 13.5 Å². The Balaban J connectivity index is 1.94. The average Bonchev–Trinajstić information content (AvgIpc) is 2.41. The third-order valence-electron chi connectivity index (χ3n) is 2.86. The molecular formula is C15H15ClN2O2. The molecule has 0 fully saturated rings. The van der Waals surface area contributed by atoms with Crippen LogP contribution in [0, 0.1) is 6.92 Å². The molecule has 0 heterocycles. The van der Waals surface area contributed by atoms with Crippen molar-refractivity contribution in [3.05, 3.63) is 58.6 Å². The summed E-state index contributed by atoms with van der Waals surface area (Å²) in [5.41, 5.74) is 2.30. The molecule has 20 heavy (non-hydrogen) atoms. The second-order valence-electron chi connectivity index (χ2n) is 4.40. The third kappa shape index (κ3) is 3.65. The first-order chi connectivity index (χ1) is 9.56. The van der Waals surface area contributed by atoms with Crippen LogP contribution in [-0.2, 0) is 6.54 Å². The van der Waals surface area contributed by atoms with Crippen LogP contribution in [0.25, 0.3) is 0 Å². The summed E-state index contributed by atoms with van der Waals surface area (Å²) in [7, 11) is 0. The summed E-state index contributed by atoms with van der Waals surface area (Å²) in [6, 6.07) is 11.8. The molecule has 0 atom stereocenters. The fraction of sp³-hybridized carbons (Fsp3) is 0.133. The molecule has 4 nitrogen and oxygen atoms in total. The van der Waals surface area contributed by atoms with Crippen molar-refractivity contribution in [1.82, 2.24) is 5.32 Å². The minimum absolute atomic E-state index is 0.171. The van der Waals surface area contributed by atoms with E-state index in [2.05, 4.69) is 10.6 Å². The molecule has 0 radical (unpaired) electrons. The number of carbonyl (C=O) groups excluding carboxylic acids is 1. The molecule has 0 saturated heterocycles. The van der Waals surface area contributed by atoms with Crippen LogP contribution >= 0.6 is 11.6 Å². The number of benzene rings is 2. The molecule has 2 amide bonds. The van der Waals surface area contributed by atoms with Crippen molar-refractivity contribution < 1.29 is 9.90 Å². The van der Waals surface area contributed by atoms with Crippen LogP contribution in [0.4, 0.5) is 10.5 Å². The van der Waals surface area contributed by atoms with Crippen LogP contribution in [0.1, 0.15) is 11.1 Å². The van der Waals surface area contributed by atoms with Crippen molar-refractivity contribution in [2.24, 2.45) is 0 Å². The second kappa shape index (κ2) is 6.30. The molecule has 5 heteroatoms. The first kappa shape index (κ1) is 14.2. The maximum Gasteiger partial charge on any atom is 0.319 e. The summed E-state index contributed by atoms with van der Waals surface area (Å²) >= 11 is 6.01. The first-order valence-corrected chi connectivity index (χ1v) is 6.52. The predicted octanol–water partition coefficient (Wildman–Crippen LogP) is 3.68. The Morgan fingerprint density at radius 1 is 1.25 bits per heavy atom. The highest BCUT2D eigenvalue weighted by Gasteiger charge is 2.06. The van der Waals surface area contributed by atoms with Gasteiger partial charge in [0, 0.05) is 17.3 Å². The highest BCUT2D eigenvalue weighted by atomic mass is 35.5. The molecule has 0 aliphatic rings. The van der Waals surface area contributed by atoms with E-state index in [0.29, 0.717) is 17.3 Å². The summed E-state index contributed by atoms with van der Waals surface area (Å²) in [4.78, 5) is 11.8. The van der Waals surface area contributed by atoms with E-state index < -0.39 is 0 Å². The Morgan fingerprint density at radius 3 is 2.70 bits per heavy atom. The molecule has 0 saturated carbocycles. The minimum Gasteiger partial charge on any atom is -0.508 e. The largest absolute Gasteiger partial charge is 0.508 e. The van der Waals surface area contributed by atoms with Crippen molar-refractivity contribution >= 4 is 23.3 Å². The van der Waals surface area contributed by atoms with Crippen LogP contribution < -0.4 is 10.6 Å². The molecule has 3 N–H and O–H groups in total. The predicted molar refractivity (Wildman–Crippen MR) is 80.2 cm³/mol. The Morgan fingerprint density at radius 2 is 2.00 bits per heavy atom. The fourth-order valence-corrected chi connectivity index (χ4v) is 1.97. The number of carbonyl (C=O) groups is 1. The lowest BCUT2D eigenvalue weighted by atomic mass is 10.2. The van der Waals surface area contributed by atoms with Crippen molar-refractivity contribution in [3.63, 3.8) is 0 Å². The first-order valence-electron chi connectivity index (χ1n) is 6.14. The van der Waals surface area contributed by atoms with Crippen LogP contribution in [0.3, 0.4) is 0 Å². The number of nitrogens with one attached hydrogen (secondary N) is 2. The number of anilines is 1. The van der Waals surface area contributed by atoms with E-state index in [4.69, 9.17) is 11.6 Å². The van der Waals surface area contributed by atoms with E-state index in [0.717, 1.165) is 11.1 Å². The van der Waals surface area contributed by atoms with Crippen LogP contribution in [0.5, 0.6) is 5.75 Å². The van der Waals surface area contributed by atoms with Gasteiger partial charge in [0.05, 0.1) is 0 Å². The highest BCUT2D eigenvalue weighted by molar-refractivity contribution is 6.31. The number of urea groups is 1. The van der Waals surface area contributed by atoms with E-state index in [1.54, 1.807) is 18.2 Å². The smallest absolute Gasteiger partial charge is 0.319 e. The number of phenols is 1. The van der Waals surface area contributed by atoms with Gasteiger partial charge in [-0.3, -0.25) is 0 Å². The third-order valence-corrected chi connectivity index (χ3v) is 3.22. The maximum atomic E-state index is 11.8. The van der Waals surface area contributed by atoms with Gasteiger partial charge in [-0.2, -0.15) is 0 Å². The zero-order chi connectivity index (χ0) is 14.5. The second-order valence-corrected chi connectivity index (χ2v) is 4.81. The van der Waals surface area contributed by atoms with Gasteiger partial charge in [-0.15, -0.1) is 0 Å². The van der Waals surface area contributed by atoms with Gasteiger partial charge in [0.1, 0.15) is 5.75 Å². The van der Waals surface area contributed by atoms with Crippen molar-refractivity contribution in [1.29, 1.82) is 0 Å². The summed E-state index contributed by atoms with van der Waals surface area (Å²) in [6.45, 7) is 2.16. The molecule has 0 aliphatic heterocycles. The average molecular weight is 291 g/mol. The topological polar surface area (TPSA) is 61.4 Å². The lowest BCUT2D eigenvalue weighted by Gasteiger charge is -2.10. The van der Waals surface area contributed by atoms with Gasteiger partial charge in [-0.05, 0) is 42.3 Å². The Kier molecular flexibility index (Phi) is 4.48. The summed E-state index contributed by atoms with van der Waals surface area (Å²) in [5.74, 6) is 0.171. The summed E-state index contributed by atoms with van der Waals surface area (Å²) in [6.07, 6.45) is 0. The van der Waals surface area contributed by atoms with Crippen LogP contribution in [0.15, 0.2) is 42.5 Å². The fourth-order valence-electron chi connectivity index (χ4n) is 1.77. The quantitative estimate of drug-likeness (QED) is 0.755. The standard InChI is InChI=1S/C15H15ClN2O2/c1-10-8-12(19)6-7-14(10)18-15(20)17-9-11-4-2-3-5-13(11)16/h2-8,19H,9H2,1H3,(H2,17,18,20). The number of aromatic hydroxyl groups is 1. The van der Waals surface area contributed by atoms with Gasteiger partial charge >= 0.3 is 6.03 Å². The molecule has 0 aliphatic carbocycles. The van der Waals surface area contributed by atoms with Gasteiger partial charge < -0.3 is 15.7 Å². The zero-order valence-corrected chi connectivity index (χ0v) is 11.7. The lowest BCUT2D eigenvalue weighted by molar-refractivity contribution is 0.251. The zero-order valence-electron chi connectivity index (χ0n) is 11.0. The molecule has 0 bridgehead atoms. The highest BCUT2D eigenvalue weighted by Crippen LogP contribution is 2.20. The Hall–Kier alpha value is -2.20. The van der Waals surface area contributed by atoms with Crippen LogP contribution in [-0.4, -0.2) is 11.1 Å². The number of amides is 2. The summed E-state index contributed by atoms with van der Waals surface area (Å²) in [5, 5.41) is 15.4. The van der Waals surface area contributed by atoms with E-state index in [9.17, 15) is 9.90 Å². The van der Waals surface area contributed by atoms with Gasteiger partial charge in [0.2, 0.25) is 0 Å². The van der Waals surface area contributed by atoms with E-state index in [1.807, 2.05) is 25.1 Å². The number of aryl methyl sites for hydroxylation is 1. The molecule has 0 spiro atoms. The molecule has 2 aromatic carbocycles. The molecular weight excluding hydrogens is 276 g/mol. The van der Waals surface area contributed by atoms with Gasteiger partial charge in [-0.1, -0.05) is 29.8 Å².